The summed E-state index contributed by atoms with van der Waals surface area (Å²) < 4.78 is 19.3. The quantitative estimate of drug-likeness (QED) is 0.181. The van der Waals surface area contributed by atoms with Crippen molar-refractivity contribution in [2.45, 2.75) is 5.41 Å². The fourth-order valence-corrected chi connectivity index (χ4v) is 8.95. The molecular formula is C51H30N2O3. The van der Waals surface area contributed by atoms with Crippen LogP contribution < -0.4 is 4.74 Å². The summed E-state index contributed by atoms with van der Waals surface area (Å²) in [5, 5.41) is 0. The van der Waals surface area contributed by atoms with Crippen LogP contribution in [-0.4, -0.2) is 9.97 Å². The van der Waals surface area contributed by atoms with Crippen molar-refractivity contribution in [3.8, 4) is 67.8 Å². The molecule has 5 nitrogen and oxygen atoms in total. The number of ether oxygens (including phenoxy) is 1. The van der Waals surface area contributed by atoms with E-state index in [1.807, 2.05) is 54.6 Å². The SMILES string of the molecule is c1cc(-c2cc(-c3nc4ccccc4o3)cc(-c3nc4ccccc4o3)c2)cc(-c2ccc3c(c2)C2(c4ccccc4O3)c3ccccc3-c3ccccc32)c1. The third-order valence-corrected chi connectivity index (χ3v) is 11.4. The average molecular weight is 719 g/mol. The molecule has 3 heterocycles. The van der Waals surface area contributed by atoms with Crippen LogP contribution in [0.5, 0.6) is 11.5 Å². The molecule has 10 aromatic rings. The first kappa shape index (κ1) is 30.9. The third-order valence-electron chi connectivity index (χ3n) is 11.4. The van der Waals surface area contributed by atoms with Crippen molar-refractivity contribution in [3.05, 3.63) is 204 Å². The van der Waals surface area contributed by atoms with Gasteiger partial charge in [0.25, 0.3) is 0 Å². The van der Waals surface area contributed by atoms with Gasteiger partial charge in [-0.2, -0.15) is 0 Å². The van der Waals surface area contributed by atoms with Crippen molar-refractivity contribution in [1.82, 2.24) is 9.97 Å². The van der Waals surface area contributed by atoms with Gasteiger partial charge in [-0.15, -0.1) is 0 Å². The Bertz CT molecular complexity index is 3000. The Balaban J connectivity index is 1.03. The Morgan fingerprint density at radius 3 is 1.46 bits per heavy atom. The van der Waals surface area contributed by atoms with Gasteiger partial charge >= 0.3 is 0 Å². The predicted octanol–water partition coefficient (Wildman–Crippen LogP) is 13.1. The summed E-state index contributed by atoms with van der Waals surface area (Å²) in [7, 11) is 0. The van der Waals surface area contributed by atoms with E-state index in [9.17, 15) is 0 Å². The van der Waals surface area contributed by atoms with E-state index in [0.717, 1.165) is 78.2 Å². The fraction of sp³-hybridized carbons (Fsp3) is 0.0196. The van der Waals surface area contributed by atoms with Crippen LogP contribution in [0.25, 0.3) is 78.5 Å². The highest BCUT2D eigenvalue weighted by Crippen LogP contribution is 2.62. The van der Waals surface area contributed by atoms with E-state index >= 15 is 0 Å². The minimum atomic E-state index is -0.534. The molecule has 0 amide bonds. The minimum absolute atomic E-state index is 0.534. The molecule has 0 fully saturated rings. The van der Waals surface area contributed by atoms with Gasteiger partial charge in [-0.25, -0.2) is 9.97 Å². The van der Waals surface area contributed by atoms with E-state index in [4.69, 9.17) is 23.5 Å². The first-order valence-corrected chi connectivity index (χ1v) is 18.8. The molecule has 1 spiro atoms. The summed E-state index contributed by atoms with van der Waals surface area (Å²) in [5.74, 6) is 2.83. The van der Waals surface area contributed by atoms with Crippen LogP contribution in [0.1, 0.15) is 22.3 Å². The highest BCUT2D eigenvalue weighted by Gasteiger charge is 2.51. The van der Waals surface area contributed by atoms with Gasteiger partial charge in [-0.05, 0) is 111 Å². The summed E-state index contributed by atoms with van der Waals surface area (Å²) in [6.07, 6.45) is 0. The summed E-state index contributed by atoms with van der Waals surface area (Å²) in [5.41, 5.74) is 15.8. The van der Waals surface area contributed by atoms with Gasteiger partial charge in [0.2, 0.25) is 11.8 Å². The largest absolute Gasteiger partial charge is 0.457 e. The number of benzene rings is 8. The number of nitrogens with zero attached hydrogens (tertiary/aromatic N) is 2. The van der Waals surface area contributed by atoms with Crippen molar-refractivity contribution in [3.63, 3.8) is 0 Å². The maximum absolute atomic E-state index is 6.70. The third kappa shape index (κ3) is 4.49. The molecule has 1 aliphatic carbocycles. The molecule has 2 aliphatic rings. The number of hydrogen-bond donors (Lipinski definition) is 0. The molecule has 1 aliphatic heterocycles. The Kier molecular flexibility index (Phi) is 6.48. The number of fused-ring (bicyclic) bond motifs is 11. The molecule has 0 atom stereocenters. The fourth-order valence-electron chi connectivity index (χ4n) is 8.95. The van der Waals surface area contributed by atoms with Crippen LogP contribution in [0.15, 0.2) is 191 Å². The van der Waals surface area contributed by atoms with Gasteiger partial charge < -0.3 is 13.6 Å². The Morgan fingerprint density at radius 1 is 0.339 bits per heavy atom. The van der Waals surface area contributed by atoms with E-state index in [1.165, 1.54) is 22.3 Å². The van der Waals surface area contributed by atoms with Crippen LogP contribution in [0.3, 0.4) is 0 Å². The number of para-hydroxylation sites is 5. The predicted molar refractivity (Wildman–Crippen MR) is 221 cm³/mol. The summed E-state index contributed by atoms with van der Waals surface area (Å²) >= 11 is 0. The average Bonchev–Trinajstić information content (AvgIpc) is 3.98. The molecule has 8 aromatic carbocycles. The molecule has 5 heteroatoms. The highest BCUT2D eigenvalue weighted by atomic mass is 16.5. The summed E-state index contributed by atoms with van der Waals surface area (Å²) in [6.45, 7) is 0. The summed E-state index contributed by atoms with van der Waals surface area (Å²) in [4.78, 5) is 9.71. The molecule has 0 N–H and O–H groups in total. The van der Waals surface area contributed by atoms with Gasteiger partial charge in [-0.1, -0.05) is 115 Å². The van der Waals surface area contributed by atoms with Crippen LogP contribution in [0, 0.1) is 0 Å². The van der Waals surface area contributed by atoms with Crippen molar-refractivity contribution >= 4 is 22.2 Å². The molecule has 0 radical (unpaired) electrons. The van der Waals surface area contributed by atoms with Gasteiger partial charge in [0.1, 0.15) is 22.5 Å². The second-order valence-corrected chi connectivity index (χ2v) is 14.5. The van der Waals surface area contributed by atoms with Crippen molar-refractivity contribution in [2.24, 2.45) is 0 Å². The molecule has 0 unspecified atom stereocenters. The number of hydrogen-bond acceptors (Lipinski definition) is 5. The Labute approximate surface area is 322 Å². The lowest BCUT2D eigenvalue weighted by molar-refractivity contribution is 0.436. The van der Waals surface area contributed by atoms with Crippen molar-refractivity contribution < 1.29 is 13.6 Å². The number of rotatable bonds is 4. The van der Waals surface area contributed by atoms with Crippen molar-refractivity contribution in [1.29, 1.82) is 0 Å². The number of oxazole rings is 2. The smallest absolute Gasteiger partial charge is 0.227 e. The molecular weight excluding hydrogens is 689 g/mol. The van der Waals surface area contributed by atoms with Gasteiger partial charge in [0.15, 0.2) is 11.2 Å². The lowest BCUT2D eigenvalue weighted by Gasteiger charge is -2.39. The molecule has 0 saturated carbocycles. The van der Waals surface area contributed by atoms with Crippen LogP contribution in [0.4, 0.5) is 0 Å². The molecule has 56 heavy (non-hydrogen) atoms. The number of aromatic nitrogens is 2. The molecule has 262 valence electrons. The second-order valence-electron chi connectivity index (χ2n) is 14.5. The first-order chi connectivity index (χ1) is 27.7. The van der Waals surface area contributed by atoms with Crippen LogP contribution in [-0.2, 0) is 5.41 Å². The van der Waals surface area contributed by atoms with Gasteiger partial charge in [0.05, 0.1) is 5.41 Å². The van der Waals surface area contributed by atoms with Crippen LogP contribution >= 0.6 is 0 Å². The normalized spacial score (nSPS) is 13.3. The molecule has 0 saturated heterocycles. The second kappa shape index (κ2) is 11.7. The monoisotopic (exact) mass is 718 g/mol. The topological polar surface area (TPSA) is 61.3 Å². The standard InChI is InChI=1S/C51H30N2O3/c1-3-16-39-37(14-1)38-15-2-4-17-40(38)51(39)41-18-5-8-21-45(41)54-46-25-24-33(30-42(46)51)31-12-11-13-32(26-31)34-27-35(49-52-43-19-6-9-22-47(43)55-49)29-36(28-34)50-53-44-20-7-10-23-48(44)56-50/h1-30H. The maximum atomic E-state index is 6.70. The van der Waals surface area contributed by atoms with E-state index < -0.39 is 5.41 Å². The Morgan fingerprint density at radius 2 is 0.821 bits per heavy atom. The molecule has 2 aromatic heterocycles. The molecule has 12 rings (SSSR count). The lowest BCUT2D eigenvalue weighted by Crippen LogP contribution is -2.32. The summed E-state index contributed by atoms with van der Waals surface area (Å²) in [6, 6.07) is 63.5. The Hall–Kier alpha value is -7.50. The highest BCUT2D eigenvalue weighted by molar-refractivity contribution is 5.90. The van der Waals surface area contributed by atoms with E-state index in [2.05, 4.69) is 127 Å². The molecule has 0 bridgehead atoms. The zero-order valence-electron chi connectivity index (χ0n) is 29.9. The van der Waals surface area contributed by atoms with E-state index in [-0.39, 0.29) is 0 Å². The maximum Gasteiger partial charge on any atom is 0.227 e. The zero-order valence-corrected chi connectivity index (χ0v) is 29.9. The van der Waals surface area contributed by atoms with E-state index in [0.29, 0.717) is 11.8 Å². The zero-order chi connectivity index (χ0) is 36.8. The minimum Gasteiger partial charge on any atom is -0.457 e. The van der Waals surface area contributed by atoms with Gasteiger partial charge in [0, 0.05) is 22.3 Å². The lowest BCUT2D eigenvalue weighted by atomic mass is 9.66. The van der Waals surface area contributed by atoms with E-state index in [1.54, 1.807) is 0 Å². The van der Waals surface area contributed by atoms with Crippen molar-refractivity contribution in [2.75, 3.05) is 0 Å². The van der Waals surface area contributed by atoms with Crippen LogP contribution in [0.2, 0.25) is 0 Å². The first-order valence-electron chi connectivity index (χ1n) is 18.8. The van der Waals surface area contributed by atoms with Gasteiger partial charge in [-0.3, -0.25) is 0 Å².